The topological polar surface area (TPSA) is 43.4 Å². The zero-order chi connectivity index (χ0) is 12.7. The number of Topliss-reactive ketones (excluding diaryl/α,β-unsaturated/α-hetero) is 1. The maximum atomic E-state index is 12.4. The number of rotatable bonds is 5. The maximum absolute atomic E-state index is 12.4. The summed E-state index contributed by atoms with van der Waals surface area (Å²) in [6.45, 7) is 2.20. The standard InChI is InChI=1S/C15H22O3/c1-2-18-15(17)13(14(16)10-5-6-10)12-8-9-3-4-11(12)7-9/h9-13H,2-8H2,1H3. The molecule has 3 aliphatic rings. The number of carbonyl (C=O) groups excluding carboxylic acids is 2. The van der Waals surface area contributed by atoms with Crippen LogP contribution >= 0.6 is 0 Å². The van der Waals surface area contributed by atoms with Crippen molar-refractivity contribution in [1.82, 2.24) is 0 Å². The first kappa shape index (κ1) is 12.2. The molecule has 100 valence electrons. The molecule has 3 fully saturated rings. The molecule has 4 atom stereocenters. The van der Waals surface area contributed by atoms with Gasteiger partial charge in [-0.25, -0.2) is 0 Å². The van der Waals surface area contributed by atoms with Crippen LogP contribution in [0.4, 0.5) is 0 Å². The van der Waals surface area contributed by atoms with Crippen LogP contribution in [0.2, 0.25) is 0 Å². The van der Waals surface area contributed by atoms with Crippen molar-refractivity contribution in [3.05, 3.63) is 0 Å². The summed E-state index contributed by atoms with van der Waals surface area (Å²) >= 11 is 0. The Bertz CT molecular complexity index is 359. The van der Waals surface area contributed by atoms with Gasteiger partial charge in [0, 0.05) is 5.92 Å². The summed E-state index contributed by atoms with van der Waals surface area (Å²) in [6, 6.07) is 0. The summed E-state index contributed by atoms with van der Waals surface area (Å²) in [6.07, 6.45) is 6.79. The molecule has 3 heteroatoms. The average Bonchev–Trinajstić information content (AvgIpc) is 3.00. The molecule has 0 aromatic heterocycles. The predicted octanol–water partition coefficient (Wildman–Crippen LogP) is 2.58. The van der Waals surface area contributed by atoms with E-state index in [2.05, 4.69) is 0 Å². The summed E-state index contributed by atoms with van der Waals surface area (Å²) in [5.74, 6) is 1.33. The zero-order valence-corrected chi connectivity index (χ0v) is 11.1. The number of ether oxygens (including phenoxy) is 1. The second kappa shape index (κ2) is 4.67. The van der Waals surface area contributed by atoms with E-state index in [-0.39, 0.29) is 23.6 Å². The number of fused-ring (bicyclic) bond motifs is 2. The quantitative estimate of drug-likeness (QED) is 0.556. The Kier molecular flexibility index (Phi) is 3.16. The molecule has 4 unspecified atom stereocenters. The van der Waals surface area contributed by atoms with Gasteiger partial charge in [0.05, 0.1) is 6.61 Å². The first-order valence-corrected chi connectivity index (χ1v) is 7.41. The molecular formula is C15H22O3. The summed E-state index contributed by atoms with van der Waals surface area (Å²) in [5, 5.41) is 0. The van der Waals surface area contributed by atoms with Gasteiger partial charge in [-0.2, -0.15) is 0 Å². The minimum atomic E-state index is -0.437. The first-order valence-electron chi connectivity index (χ1n) is 7.41. The highest BCUT2D eigenvalue weighted by Crippen LogP contribution is 2.52. The minimum absolute atomic E-state index is 0.165. The van der Waals surface area contributed by atoms with Crippen LogP contribution in [0.25, 0.3) is 0 Å². The molecule has 0 aliphatic heterocycles. The van der Waals surface area contributed by atoms with Gasteiger partial charge in [-0.05, 0) is 56.8 Å². The van der Waals surface area contributed by atoms with Crippen molar-refractivity contribution < 1.29 is 14.3 Å². The van der Waals surface area contributed by atoms with Crippen molar-refractivity contribution in [2.45, 2.75) is 45.4 Å². The van der Waals surface area contributed by atoms with Crippen LogP contribution < -0.4 is 0 Å². The predicted molar refractivity (Wildman–Crippen MR) is 66.8 cm³/mol. The summed E-state index contributed by atoms with van der Waals surface area (Å²) in [5.41, 5.74) is 0. The van der Waals surface area contributed by atoms with Crippen molar-refractivity contribution >= 4 is 11.8 Å². The van der Waals surface area contributed by atoms with Crippen molar-refractivity contribution in [2.24, 2.45) is 29.6 Å². The number of carbonyl (C=O) groups is 2. The van der Waals surface area contributed by atoms with Crippen molar-refractivity contribution in [3.8, 4) is 0 Å². The molecule has 0 saturated heterocycles. The molecule has 0 heterocycles. The van der Waals surface area contributed by atoms with Gasteiger partial charge in [0.1, 0.15) is 11.7 Å². The molecule has 0 N–H and O–H groups in total. The molecule has 0 radical (unpaired) electrons. The molecule has 3 saturated carbocycles. The van der Waals surface area contributed by atoms with Crippen LogP contribution in [0.15, 0.2) is 0 Å². The summed E-state index contributed by atoms with van der Waals surface area (Å²) < 4.78 is 5.16. The van der Waals surface area contributed by atoms with E-state index in [0.717, 1.165) is 25.2 Å². The number of hydrogen-bond donors (Lipinski definition) is 0. The zero-order valence-electron chi connectivity index (χ0n) is 11.1. The third-order valence-corrected chi connectivity index (χ3v) is 5.05. The Morgan fingerprint density at radius 1 is 1.17 bits per heavy atom. The highest BCUT2D eigenvalue weighted by molar-refractivity contribution is 6.01. The van der Waals surface area contributed by atoms with E-state index >= 15 is 0 Å². The van der Waals surface area contributed by atoms with Crippen LogP contribution in [0.1, 0.15) is 45.4 Å². The van der Waals surface area contributed by atoms with Crippen molar-refractivity contribution in [3.63, 3.8) is 0 Å². The lowest BCUT2D eigenvalue weighted by Crippen LogP contribution is -2.36. The summed E-state index contributed by atoms with van der Waals surface area (Å²) in [7, 11) is 0. The van der Waals surface area contributed by atoms with E-state index in [0.29, 0.717) is 12.5 Å². The fraction of sp³-hybridized carbons (Fsp3) is 0.867. The third kappa shape index (κ3) is 2.08. The van der Waals surface area contributed by atoms with E-state index in [1.54, 1.807) is 0 Å². The normalized spacial score (nSPS) is 35.5. The fourth-order valence-corrected chi connectivity index (χ4v) is 4.06. The van der Waals surface area contributed by atoms with Crippen LogP contribution in [0.3, 0.4) is 0 Å². The molecule has 0 spiro atoms. The van der Waals surface area contributed by atoms with Crippen molar-refractivity contribution in [2.75, 3.05) is 6.61 Å². The average molecular weight is 250 g/mol. The van der Waals surface area contributed by atoms with Gasteiger partial charge in [0.15, 0.2) is 0 Å². The molecule has 0 aromatic rings. The second-order valence-corrected chi connectivity index (χ2v) is 6.25. The highest BCUT2D eigenvalue weighted by Gasteiger charge is 2.50. The second-order valence-electron chi connectivity index (χ2n) is 6.25. The monoisotopic (exact) mass is 250 g/mol. The lowest BCUT2D eigenvalue weighted by molar-refractivity contribution is -0.155. The highest BCUT2D eigenvalue weighted by atomic mass is 16.5. The SMILES string of the molecule is CCOC(=O)C(C(=O)C1CC1)C1CC2CCC1C2. The molecule has 0 aromatic carbocycles. The molecular weight excluding hydrogens is 228 g/mol. The molecule has 3 aliphatic carbocycles. The van der Waals surface area contributed by atoms with Gasteiger partial charge >= 0.3 is 5.97 Å². The Morgan fingerprint density at radius 2 is 1.94 bits per heavy atom. The fourth-order valence-electron chi connectivity index (χ4n) is 4.06. The van der Waals surface area contributed by atoms with Crippen LogP contribution in [0.5, 0.6) is 0 Å². The van der Waals surface area contributed by atoms with Crippen LogP contribution in [-0.2, 0) is 14.3 Å². The van der Waals surface area contributed by atoms with Gasteiger partial charge in [-0.3, -0.25) is 9.59 Å². The lowest BCUT2D eigenvalue weighted by Gasteiger charge is -2.28. The summed E-state index contributed by atoms with van der Waals surface area (Å²) in [4.78, 5) is 24.5. The van der Waals surface area contributed by atoms with Gasteiger partial charge in [-0.15, -0.1) is 0 Å². The number of ketones is 1. The number of esters is 1. The van der Waals surface area contributed by atoms with Gasteiger partial charge in [0.25, 0.3) is 0 Å². The van der Waals surface area contributed by atoms with Crippen LogP contribution in [-0.4, -0.2) is 18.4 Å². The smallest absolute Gasteiger partial charge is 0.316 e. The van der Waals surface area contributed by atoms with Gasteiger partial charge < -0.3 is 4.74 Å². The van der Waals surface area contributed by atoms with E-state index < -0.39 is 5.92 Å². The first-order chi connectivity index (χ1) is 8.70. The maximum Gasteiger partial charge on any atom is 0.316 e. The molecule has 2 bridgehead atoms. The Hall–Kier alpha value is -0.860. The number of hydrogen-bond acceptors (Lipinski definition) is 3. The molecule has 18 heavy (non-hydrogen) atoms. The minimum Gasteiger partial charge on any atom is -0.465 e. The van der Waals surface area contributed by atoms with Gasteiger partial charge in [-0.1, -0.05) is 6.42 Å². The van der Waals surface area contributed by atoms with E-state index in [9.17, 15) is 9.59 Å². The Balaban J connectivity index is 1.76. The van der Waals surface area contributed by atoms with Crippen LogP contribution in [0, 0.1) is 29.6 Å². The van der Waals surface area contributed by atoms with Gasteiger partial charge in [0.2, 0.25) is 0 Å². The van der Waals surface area contributed by atoms with E-state index in [1.165, 1.54) is 19.3 Å². The molecule has 3 rings (SSSR count). The molecule has 0 amide bonds. The third-order valence-electron chi connectivity index (χ3n) is 5.05. The molecule has 3 nitrogen and oxygen atoms in total. The van der Waals surface area contributed by atoms with E-state index in [4.69, 9.17) is 4.74 Å². The Labute approximate surface area is 108 Å². The van der Waals surface area contributed by atoms with Crippen molar-refractivity contribution in [1.29, 1.82) is 0 Å². The Morgan fingerprint density at radius 3 is 2.44 bits per heavy atom. The lowest BCUT2D eigenvalue weighted by atomic mass is 9.76. The largest absolute Gasteiger partial charge is 0.465 e. The van der Waals surface area contributed by atoms with E-state index in [1.807, 2.05) is 6.92 Å².